The molecule has 0 amide bonds. The number of piperidine rings is 1. The highest BCUT2D eigenvalue weighted by molar-refractivity contribution is 5.40. The highest BCUT2D eigenvalue weighted by Gasteiger charge is 2.40. The van der Waals surface area contributed by atoms with Crippen molar-refractivity contribution in [2.24, 2.45) is 5.41 Å². The Morgan fingerprint density at radius 1 is 1.15 bits per heavy atom. The van der Waals surface area contributed by atoms with Crippen molar-refractivity contribution in [2.45, 2.75) is 39.0 Å². The summed E-state index contributed by atoms with van der Waals surface area (Å²) in [5.74, 6) is 1.59. The molecule has 110 valence electrons. The van der Waals surface area contributed by atoms with Crippen LogP contribution in [0.2, 0.25) is 0 Å². The van der Waals surface area contributed by atoms with Crippen LogP contribution in [0.4, 0.5) is 5.82 Å². The van der Waals surface area contributed by atoms with Crippen molar-refractivity contribution in [2.75, 3.05) is 38.1 Å². The first-order valence-electron chi connectivity index (χ1n) is 7.83. The molecule has 0 aromatic carbocycles. The van der Waals surface area contributed by atoms with Crippen LogP contribution in [0.15, 0.2) is 12.4 Å². The summed E-state index contributed by atoms with van der Waals surface area (Å²) in [5.41, 5.74) is 1.65. The van der Waals surface area contributed by atoms with Gasteiger partial charge in [0.05, 0.1) is 0 Å². The lowest BCUT2D eigenvalue weighted by atomic mass is 9.79. The molecule has 2 aliphatic rings. The number of anilines is 1. The Balaban J connectivity index is 1.78. The van der Waals surface area contributed by atoms with Gasteiger partial charge < -0.3 is 9.80 Å². The molecule has 2 aliphatic heterocycles. The lowest BCUT2D eigenvalue weighted by molar-refractivity contribution is 0.233. The van der Waals surface area contributed by atoms with Gasteiger partial charge in [-0.3, -0.25) is 0 Å². The molecule has 4 nitrogen and oxygen atoms in total. The van der Waals surface area contributed by atoms with E-state index in [4.69, 9.17) is 0 Å². The molecule has 0 saturated carbocycles. The monoisotopic (exact) mass is 274 g/mol. The topological polar surface area (TPSA) is 32.3 Å². The van der Waals surface area contributed by atoms with Crippen LogP contribution in [-0.4, -0.2) is 48.1 Å². The van der Waals surface area contributed by atoms with Gasteiger partial charge in [0.25, 0.3) is 0 Å². The minimum absolute atomic E-state index is 0.466. The fourth-order valence-corrected chi connectivity index (χ4v) is 3.75. The number of nitrogens with zero attached hydrogens (tertiary/aromatic N) is 4. The van der Waals surface area contributed by atoms with E-state index < -0.39 is 0 Å². The molecule has 2 saturated heterocycles. The van der Waals surface area contributed by atoms with Crippen LogP contribution in [0, 0.1) is 5.41 Å². The van der Waals surface area contributed by atoms with Crippen molar-refractivity contribution >= 4 is 5.82 Å². The maximum absolute atomic E-state index is 4.52. The fourth-order valence-electron chi connectivity index (χ4n) is 3.75. The summed E-state index contributed by atoms with van der Waals surface area (Å²) in [4.78, 5) is 13.9. The standard InChI is InChI=1S/C16H26N4/c1-13(2)14-9-15(18-12-17-14)20-7-4-5-16(11-20)6-8-19(3)10-16/h9,12-13H,4-8,10-11H2,1-3H3/t16-/m0/s1. The predicted octanol–water partition coefficient (Wildman–Crippen LogP) is 2.52. The molecule has 1 atom stereocenters. The van der Waals surface area contributed by atoms with Crippen molar-refractivity contribution < 1.29 is 0 Å². The average Bonchev–Trinajstić information content (AvgIpc) is 2.79. The molecular formula is C16H26N4. The second-order valence-corrected chi connectivity index (χ2v) is 6.97. The van der Waals surface area contributed by atoms with Crippen LogP contribution < -0.4 is 4.90 Å². The Bertz CT molecular complexity index is 469. The molecule has 0 bridgehead atoms. The van der Waals surface area contributed by atoms with Crippen molar-refractivity contribution in [1.82, 2.24) is 14.9 Å². The zero-order valence-electron chi connectivity index (χ0n) is 13.0. The molecule has 0 N–H and O–H groups in total. The number of likely N-dealkylation sites (tertiary alicyclic amines) is 1. The summed E-state index contributed by atoms with van der Waals surface area (Å²) in [6, 6.07) is 2.18. The van der Waals surface area contributed by atoms with Gasteiger partial charge in [0.2, 0.25) is 0 Å². The molecule has 4 heteroatoms. The smallest absolute Gasteiger partial charge is 0.132 e. The molecule has 0 unspecified atom stereocenters. The van der Waals surface area contributed by atoms with E-state index in [1.807, 2.05) is 0 Å². The summed E-state index contributed by atoms with van der Waals surface area (Å²) >= 11 is 0. The molecule has 0 radical (unpaired) electrons. The van der Waals surface area contributed by atoms with Crippen molar-refractivity contribution in [3.8, 4) is 0 Å². The Morgan fingerprint density at radius 2 is 2.00 bits per heavy atom. The highest BCUT2D eigenvalue weighted by atomic mass is 15.2. The zero-order chi connectivity index (χ0) is 14.2. The maximum atomic E-state index is 4.52. The van der Waals surface area contributed by atoms with Crippen LogP contribution in [-0.2, 0) is 0 Å². The van der Waals surface area contributed by atoms with E-state index in [9.17, 15) is 0 Å². The second kappa shape index (κ2) is 5.32. The maximum Gasteiger partial charge on any atom is 0.132 e. The molecule has 1 aromatic rings. The number of hydrogen-bond donors (Lipinski definition) is 0. The molecule has 1 aromatic heterocycles. The van der Waals surface area contributed by atoms with E-state index >= 15 is 0 Å². The van der Waals surface area contributed by atoms with Crippen LogP contribution >= 0.6 is 0 Å². The third-order valence-corrected chi connectivity index (χ3v) is 4.88. The third-order valence-electron chi connectivity index (χ3n) is 4.88. The van der Waals surface area contributed by atoms with Gasteiger partial charge in [-0.25, -0.2) is 9.97 Å². The largest absolute Gasteiger partial charge is 0.356 e. The van der Waals surface area contributed by atoms with Crippen LogP contribution in [0.25, 0.3) is 0 Å². The molecule has 0 aliphatic carbocycles. The zero-order valence-corrected chi connectivity index (χ0v) is 13.0. The Labute approximate surface area is 122 Å². The number of rotatable bonds is 2. The van der Waals surface area contributed by atoms with Gasteiger partial charge in [-0.05, 0) is 38.8 Å². The first-order chi connectivity index (χ1) is 9.58. The minimum Gasteiger partial charge on any atom is -0.356 e. The number of hydrogen-bond acceptors (Lipinski definition) is 4. The van der Waals surface area contributed by atoms with Crippen LogP contribution in [0.3, 0.4) is 0 Å². The van der Waals surface area contributed by atoms with Crippen LogP contribution in [0.1, 0.15) is 44.7 Å². The SMILES string of the molecule is CC(C)c1cc(N2CCC[C@@]3(CCN(C)C3)C2)ncn1. The average molecular weight is 274 g/mol. The highest BCUT2D eigenvalue weighted by Crippen LogP contribution is 2.39. The van der Waals surface area contributed by atoms with Gasteiger partial charge in [0, 0.05) is 36.8 Å². The van der Waals surface area contributed by atoms with Gasteiger partial charge in [-0.2, -0.15) is 0 Å². The molecule has 3 heterocycles. The fraction of sp³-hybridized carbons (Fsp3) is 0.750. The van der Waals surface area contributed by atoms with Crippen LogP contribution in [0.5, 0.6) is 0 Å². The van der Waals surface area contributed by atoms with E-state index in [2.05, 4.69) is 46.7 Å². The van der Waals surface area contributed by atoms with E-state index in [-0.39, 0.29) is 0 Å². The van der Waals surface area contributed by atoms with E-state index in [0.717, 1.165) is 24.6 Å². The predicted molar refractivity (Wildman–Crippen MR) is 82.1 cm³/mol. The van der Waals surface area contributed by atoms with Gasteiger partial charge in [0.1, 0.15) is 12.1 Å². The first-order valence-corrected chi connectivity index (χ1v) is 7.83. The lowest BCUT2D eigenvalue weighted by Gasteiger charge is -2.41. The van der Waals surface area contributed by atoms with Gasteiger partial charge >= 0.3 is 0 Å². The summed E-state index contributed by atoms with van der Waals surface area (Å²) in [6.45, 7) is 9.16. The van der Waals surface area contributed by atoms with E-state index in [0.29, 0.717) is 11.3 Å². The van der Waals surface area contributed by atoms with Crippen molar-refractivity contribution in [3.05, 3.63) is 18.1 Å². The summed E-state index contributed by atoms with van der Waals surface area (Å²) in [5, 5.41) is 0. The Morgan fingerprint density at radius 3 is 2.70 bits per heavy atom. The second-order valence-electron chi connectivity index (χ2n) is 6.97. The normalized spacial score (nSPS) is 27.7. The van der Waals surface area contributed by atoms with Crippen molar-refractivity contribution in [1.29, 1.82) is 0 Å². The molecule has 2 fully saturated rings. The molecular weight excluding hydrogens is 248 g/mol. The lowest BCUT2D eigenvalue weighted by Crippen LogP contribution is -2.45. The van der Waals surface area contributed by atoms with Crippen molar-refractivity contribution in [3.63, 3.8) is 0 Å². The van der Waals surface area contributed by atoms with Gasteiger partial charge in [0.15, 0.2) is 0 Å². The van der Waals surface area contributed by atoms with E-state index in [1.165, 1.54) is 32.4 Å². The molecule has 3 rings (SSSR count). The number of aromatic nitrogens is 2. The quantitative estimate of drug-likeness (QED) is 0.829. The van der Waals surface area contributed by atoms with Gasteiger partial charge in [-0.15, -0.1) is 0 Å². The Kier molecular flexibility index (Phi) is 3.67. The van der Waals surface area contributed by atoms with E-state index in [1.54, 1.807) is 6.33 Å². The van der Waals surface area contributed by atoms with Gasteiger partial charge in [-0.1, -0.05) is 13.8 Å². The molecule has 20 heavy (non-hydrogen) atoms. The summed E-state index contributed by atoms with van der Waals surface area (Å²) in [7, 11) is 2.25. The third kappa shape index (κ3) is 2.66. The summed E-state index contributed by atoms with van der Waals surface area (Å²) < 4.78 is 0. The first kappa shape index (κ1) is 13.8. The Hall–Kier alpha value is -1.16. The molecule has 1 spiro atoms. The minimum atomic E-state index is 0.466. The summed E-state index contributed by atoms with van der Waals surface area (Å²) in [6.07, 6.45) is 5.72.